The summed E-state index contributed by atoms with van der Waals surface area (Å²) >= 11 is 0. The molecule has 0 N–H and O–H groups in total. The normalized spacial score (nSPS) is 10.7. The van der Waals surface area contributed by atoms with Crippen molar-refractivity contribution in [2.45, 2.75) is 6.92 Å². The van der Waals surface area contributed by atoms with E-state index in [1.165, 1.54) is 0 Å². The zero-order chi connectivity index (χ0) is 12.5. The van der Waals surface area contributed by atoms with E-state index in [2.05, 4.69) is 12.1 Å². The van der Waals surface area contributed by atoms with E-state index in [4.69, 9.17) is 0 Å². The van der Waals surface area contributed by atoms with Gasteiger partial charge < -0.3 is 5.21 Å². The Morgan fingerprint density at radius 3 is 2.44 bits per heavy atom. The zero-order valence-corrected chi connectivity index (χ0v) is 10.1. The molecule has 0 unspecified atom stereocenters. The van der Waals surface area contributed by atoms with Gasteiger partial charge in [0.25, 0.3) is 0 Å². The molecule has 0 saturated heterocycles. The van der Waals surface area contributed by atoms with Crippen molar-refractivity contribution >= 4 is 10.9 Å². The molecule has 1 aromatic heterocycles. The fourth-order valence-electron chi connectivity index (χ4n) is 2.34. The van der Waals surface area contributed by atoms with Crippen LogP contribution in [0.5, 0.6) is 0 Å². The van der Waals surface area contributed by atoms with Crippen molar-refractivity contribution in [1.82, 2.24) is 0 Å². The molecule has 2 aromatic carbocycles. The number of benzene rings is 2. The van der Waals surface area contributed by atoms with Gasteiger partial charge in [-0.05, 0) is 18.6 Å². The van der Waals surface area contributed by atoms with Crippen molar-refractivity contribution in [3.8, 4) is 11.1 Å². The van der Waals surface area contributed by atoms with Gasteiger partial charge in [0.2, 0.25) is 5.52 Å². The first-order valence-corrected chi connectivity index (χ1v) is 5.94. The monoisotopic (exact) mass is 235 g/mol. The minimum atomic E-state index is 0.749. The molecule has 2 heteroatoms. The average Bonchev–Trinajstić information content (AvgIpc) is 2.40. The number of pyridine rings is 1. The lowest BCUT2D eigenvalue weighted by molar-refractivity contribution is -0.577. The van der Waals surface area contributed by atoms with Gasteiger partial charge in [0.1, 0.15) is 0 Å². The Labute approximate surface area is 106 Å². The van der Waals surface area contributed by atoms with E-state index in [-0.39, 0.29) is 0 Å². The van der Waals surface area contributed by atoms with Crippen molar-refractivity contribution in [1.29, 1.82) is 0 Å². The number of para-hydroxylation sites is 1. The van der Waals surface area contributed by atoms with E-state index in [1.54, 1.807) is 6.20 Å². The third-order valence-corrected chi connectivity index (χ3v) is 3.21. The number of nitrogens with zero attached hydrogens (tertiary/aromatic N) is 1. The van der Waals surface area contributed by atoms with Crippen LogP contribution in [0.3, 0.4) is 0 Å². The lowest BCUT2D eigenvalue weighted by Crippen LogP contribution is -2.27. The Morgan fingerprint density at radius 1 is 0.889 bits per heavy atom. The first-order valence-electron chi connectivity index (χ1n) is 5.94. The predicted molar refractivity (Wildman–Crippen MR) is 73.1 cm³/mol. The highest BCUT2D eigenvalue weighted by Gasteiger charge is 2.11. The summed E-state index contributed by atoms with van der Waals surface area (Å²) in [6, 6.07) is 18.0. The summed E-state index contributed by atoms with van der Waals surface area (Å²) in [5.41, 5.74) is 3.98. The third-order valence-electron chi connectivity index (χ3n) is 3.21. The minimum absolute atomic E-state index is 0.749. The van der Waals surface area contributed by atoms with Crippen molar-refractivity contribution in [2.75, 3.05) is 0 Å². The molecule has 0 saturated carbocycles. The summed E-state index contributed by atoms with van der Waals surface area (Å²) < 4.78 is 0.942. The van der Waals surface area contributed by atoms with E-state index in [1.807, 2.05) is 49.4 Å². The van der Waals surface area contributed by atoms with Gasteiger partial charge in [-0.3, -0.25) is 0 Å². The molecular weight excluding hydrogens is 222 g/mol. The first kappa shape index (κ1) is 10.8. The molecular formula is C16H13NO. The minimum Gasteiger partial charge on any atom is -0.618 e. The summed E-state index contributed by atoms with van der Waals surface area (Å²) in [7, 11) is 0. The summed E-state index contributed by atoms with van der Waals surface area (Å²) in [6.45, 7) is 1.96. The maximum atomic E-state index is 11.9. The number of aryl methyl sites for hydroxylation is 1. The van der Waals surface area contributed by atoms with Gasteiger partial charge in [0.05, 0.1) is 5.39 Å². The Balaban J connectivity index is 2.39. The van der Waals surface area contributed by atoms with E-state index in [9.17, 15) is 5.21 Å². The van der Waals surface area contributed by atoms with Crippen LogP contribution in [0.15, 0.2) is 60.8 Å². The van der Waals surface area contributed by atoms with Crippen LogP contribution < -0.4 is 4.73 Å². The summed E-state index contributed by atoms with van der Waals surface area (Å²) in [5, 5.41) is 12.9. The van der Waals surface area contributed by atoms with E-state index >= 15 is 0 Å². The van der Waals surface area contributed by atoms with Crippen LogP contribution in [0.2, 0.25) is 0 Å². The molecule has 0 bridgehead atoms. The molecule has 0 aliphatic heterocycles. The molecule has 0 spiro atoms. The molecule has 3 aromatic rings. The zero-order valence-electron chi connectivity index (χ0n) is 10.1. The highest BCUT2D eigenvalue weighted by atomic mass is 16.5. The summed E-state index contributed by atoms with van der Waals surface area (Å²) in [6.07, 6.45) is 1.58. The molecule has 88 valence electrons. The van der Waals surface area contributed by atoms with E-state index in [0.717, 1.165) is 32.3 Å². The quantitative estimate of drug-likeness (QED) is 0.469. The summed E-state index contributed by atoms with van der Waals surface area (Å²) in [5.74, 6) is 0. The van der Waals surface area contributed by atoms with Crippen LogP contribution in [0.1, 0.15) is 5.56 Å². The standard InChI is InChI=1S/C16H13NO/c1-12-6-5-9-15-14(10-11-17(18)16(12)15)13-7-3-2-4-8-13/h2-11H,1H3. The Kier molecular flexibility index (Phi) is 2.49. The van der Waals surface area contributed by atoms with Crippen LogP contribution >= 0.6 is 0 Å². The summed E-state index contributed by atoms with van der Waals surface area (Å²) in [4.78, 5) is 0. The predicted octanol–water partition coefficient (Wildman–Crippen LogP) is 3.45. The number of aromatic nitrogens is 1. The molecule has 3 rings (SSSR count). The van der Waals surface area contributed by atoms with Crippen LogP contribution in [-0.4, -0.2) is 0 Å². The molecule has 0 amide bonds. The Hall–Kier alpha value is -2.35. The maximum absolute atomic E-state index is 11.9. The van der Waals surface area contributed by atoms with E-state index in [0.29, 0.717) is 0 Å². The number of rotatable bonds is 1. The van der Waals surface area contributed by atoms with Crippen LogP contribution in [0.25, 0.3) is 22.0 Å². The highest BCUT2D eigenvalue weighted by molar-refractivity contribution is 5.94. The van der Waals surface area contributed by atoms with Gasteiger partial charge >= 0.3 is 0 Å². The molecule has 0 atom stereocenters. The molecule has 0 radical (unpaired) electrons. The third kappa shape index (κ3) is 1.63. The van der Waals surface area contributed by atoms with Gasteiger partial charge in [-0.25, -0.2) is 0 Å². The number of hydrogen-bond donors (Lipinski definition) is 0. The fraction of sp³-hybridized carbons (Fsp3) is 0.0625. The second kappa shape index (κ2) is 4.15. The molecule has 0 fully saturated rings. The van der Waals surface area contributed by atoms with Crippen LogP contribution in [-0.2, 0) is 0 Å². The fourth-order valence-corrected chi connectivity index (χ4v) is 2.34. The first-order chi connectivity index (χ1) is 8.77. The molecule has 18 heavy (non-hydrogen) atoms. The van der Waals surface area contributed by atoms with Crippen molar-refractivity contribution in [3.63, 3.8) is 0 Å². The van der Waals surface area contributed by atoms with Crippen molar-refractivity contribution < 1.29 is 4.73 Å². The molecule has 0 aliphatic carbocycles. The lowest BCUT2D eigenvalue weighted by atomic mass is 10.00. The smallest absolute Gasteiger partial charge is 0.227 e. The Bertz CT molecular complexity index is 697. The maximum Gasteiger partial charge on any atom is 0.227 e. The second-order valence-electron chi connectivity index (χ2n) is 4.39. The number of hydrogen-bond acceptors (Lipinski definition) is 1. The topological polar surface area (TPSA) is 26.9 Å². The van der Waals surface area contributed by atoms with Gasteiger partial charge in [-0.15, -0.1) is 0 Å². The Morgan fingerprint density at radius 2 is 1.67 bits per heavy atom. The van der Waals surface area contributed by atoms with Gasteiger partial charge in [0, 0.05) is 17.2 Å². The number of fused-ring (bicyclic) bond motifs is 1. The SMILES string of the molecule is Cc1cccc2c(-c3ccccc3)cc[n+]([O-])c12. The second-order valence-corrected chi connectivity index (χ2v) is 4.39. The van der Waals surface area contributed by atoms with Gasteiger partial charge in [-0.2, -0.15) is 4.73 Å². The molecule has 1 heterocycles. The van der Waals surface area contributed by atoms with E-state index < -0.39 is 0 Å². The van der Waals surface area contributed by atoms with Gasteiger partial charge in [0.15, 0.2) is 6.20 Å². The van der Waals surface area contributed by atoms with Crippen LogP contribution in [0.4, 0.5) is 0 Å². The van der Waals surface area contributed by atoms with Crippen molar-refractivity contribution in [2.24, 2.45) is 0 Å². The lowest BCUT2D eigenvalue weighted by Gasteiger charge is -2.09. The van der Waals surface area contributed by atoms with Crippen molar-refractivity contribution in [3.05, 3.63) is 71.6 Å². The average molecular weight is 235 g/mol. The van der Waals surface area contributed by atoms with Crippen LogP contribution in [0, 0.1) is 12.1 Å². The largest absolute Gasteiger partial charge is 0.618 e. The molecule has 0 aliphatic rings. The van der Waals surface area contributed by atoms with Gasteiger partial charge in [-0.1, -0.05) is 42.5 Å². The molecule has 2 nitrogen and oxygen atoms in total. The highest BCUT2D eigenvalue weighted by Crippen LogP contribution is 2.27.